The standard InChI is InChI=1S/C23H27N3O2/c1-28-18-10-11-20-19(15-18)24-23(21-9-5-14-26(20)21)12-6-13-25(16-23)22(27)17-7-3-2-4-8-17/h2-3,5,9-11,14-15,17,24H,4,6-8,12-13,16H2,1H3. The number of carbonyl (C=O) groups is 1. The number of nitrogens with zero attached hydrogens (tertiary/aromatic N) is 2. The summed E-state index contributed by atoms with van der Waals surface area (Å²) in [5.74, 6) is 1.30. The van der Waals surface area contributed by atoms with Crippen molar-refractivity contribution < 1.29 is 9.53 Å². The molecule has 0 radical (unpaired) electrons. The molecule has 1 aromatic carbocycles. The zero-order valence-electron chi connectivity index (χ0n) is 16.4. The van der Waals surface area contributed by atoms with Gasteiger partial charge in [-0.2, -0.15) is 0 Å². The van der Waals surface area contributed by atoms with Gasteiger partial charge in [-0.1, -0.05) is 12.2 Å². The third kappa shape index (κ3) is 2.72. The number of amides is 1. The lowest BCUT2D eigenvalue weighted by Gasteiger charge is -2.47. The lowest BCUT2D eigenvalue weighted by atomic mass is 9.82. The number of piperidine rings is 1. The molecular formula is C23H27N3O2. The first-order valence-electron chi connectivity index (χ1n) is 10.3. The molecule has 2 aliphatic heterocycles. The molecule has 1 aliphatic carbocycles. The molecule has 146 valence electrons. The first kappa shape index (κ1) is 17.4. The number of nitrogens with one attached hydrogen (secondary N) is 1. The van der Waals surface area contributed by atoms with E-state index in [1.807, 2.05) is 6.07 Å². The van der Waals surface area contributed by atoms with E-state index in [0.29, 0.717) is 12.5 Å². The minimum Gasteiger partial charge on any atom is -0.497 e. The Morgan fingerprint density at radius 3 is 3.04 bits per heavy atom. The van der Waals surface area contributed by atoms with Crippen LogP contribution in [0.25, 0.3) is 5.69 Å². The number of hydrogen-bond donors (Lipinski definition) is 1. The monoisotopic (exact) mass is 377 g/mol. The normalized spacial score (nSPS) is 25.8. The molecular weight excluding hydrogens is 350 g/mol. The highest BCUT2D eigenvalue weighted by atomic mass is 16.5. The fourth-order valence-electron chi connectivity index (χ4n) is 5.09. The maximum absolute atomic E-state index is 13.2. The summed E-state index contributed by atoms with van der Waals surface area (Å²) < 4.78 is 7.71. The molecule has 1 saturated heterocycles. The fraction of sp³-hybridized carbons (Fsp3) is 0.435. The molecule has 3 aliphatic rings. The number of allylic oxidation sites excluding steroid dienone is 2. The third-order valence-corrected chi connectivity index (χ3v) is 6.50. The second kappa shape index (κ2) is 6.73. The largest absolute Gasteiger partial charge is 0.497 e. The highest BCUT2D eigenvalue weighted by molar-refractivity contribution is 5.80. The quantitative estimate of drug-likeness (QED) is 0.802. The summed E-state index contributed by atoms with van der Waals surface area (Å²) in [6, 6.07) is 10.4. The van der Waals surface area contributed by atoms with Gasteiger partial charge in [0.15, 0.2) is 0 Å². The van der Waals surface area contributed by atoms with Crippen LogP contribution < -0.4 is 10.1 Å². The van der Waals surface area contributed by atoms with E-state index < -0.39 is 0 Å². The first-order valence-corrected chi connectivity index (χ1v) is 10.3. The van der Waals surface area contributed by atoms with Crippen molar-refractivity contribution in [2.24, 2.45) is 5.92 Å². The van der Waals surface area contributed by atoms with Gasteiger partial charge in [-0.25, -0.2) is 0 Å². The first-order chi connectivity index (χ1) is 13.7. The minimum atomic E-state index is -0.249. The number of rotatable bonds is 2. The van der Waals surface area contributed by atoms with Crippen LogP contribution in [0.4, 0.5) is 5.69 Å². The van der Waals surface area contributed by atoms with E-state index in [-0.39, 0.29) is 11.5 Å². The molecule has 1 N–H and O–H groups in total. The Hall–Kier alpha value is -2.69. The molecule has 5 nitrogen and oxygen atoms in total. The van der Waals surface area contributed by atoms with Crippen LogP contribution in [-0.4, -0.2) is 35.6 Å². The Kier molecular flexibility index (Phi) is 4.18. The predicted octanol–water partition coefficient (Wildman–Crippen LogP) is 4.09. The summed E-state index contributed by atoms with van der Waals surface area (Å²) in [6.07, 6.45) is 11.4. The van der Waals surface area contributed by atoms with E-state index in [1.165, 1.54) is 5.69 Å². The van der Waals surface area contributed by atoms with E-state index in [4.69, 9.17) is 4.74 Å². The smallest absolute Gasteiger partial charge is 0.226 e. The molecule has 5 rings (SSSR count). The van der Waals surface area contributed by atoms with Crippen molar-refractivity contribution in [2.75, 3.05) is 25.5 Å². The second-order valence-electron chi connectivity index (χ2n) is 8.20. The van der Waals surface area contributed by atoms with E-state index >= 15 is 0 Å². The number of ether oxygens (including phenoxy) is 1. The number of anilines is 1. The molecule has 0 saturated carbocycles. The van der Waals surface area contributed by atoms with Crippen LogP contribution in [-0.2, 0) is 10.3 Å². The van der Waals surface area contributed by atoms with Crippen molar-refractivity contribution >= 4 is 11.6 Å². The van der Waals surface area contributed by atoms with Gasteiger partial charge in [0.25, 0.3) is 0 Å². The van der Waals surface area contributed by atoms with Crippen LogP contribution in [0.2, 0.25) is 0 Å². The van der Waals surface area contributed by atoms with Crippen LogP contribution in [0.5, 0.6) is 5.75 Å². The highest BCUT2D eigenvalue weighted by Crippen LogP contribution is 2.43. The molecule has 1 spiro atoms. The Balaban J connectivity index is 1.49. The number of aromatic nitrogens is 1. The summed E-state index contributed by atoms with van der Waals surface area (Å²) in [5, 5.41) is 3.81. The summed E-state index contributed by atoms with van der Waals surface area (Å²) in [5.41, 5.74) is 3.19. The van der Waals surface area contributed by atoms with Gasteiger partial charge < -0.3 is 19.5 Å². The SMILES string of the molecule is COc1ccc2c(c1)NC1(CCCN(C(=O)C3CC=CCC3)C1)c1cccn1-2. The van der Waals surface area contributed by atoms with Crippen LogP contribution in [0, 0.1) is 5.92 Å². The van der Waals surface area contributed by atoms with Gasteiger partial charge in [0.05, 0.1) is 29.7 Å². The highest BCUT2D eigenvalue weighted by Gasteiger charge is 2.44. The zero-order valence-corrected chi connectivity index (χ0v) is 16.4. The van der Waals surface area contributed by atoms with Gasteiger partial charge in [0.1, 0.15) is 5.75 Å². The number of benzene rings is 1. The fourth-order valence-corrected chi connectivity index (χ4v) is 5.09. The lowest BCUT2D eigenvalue weighted by Crippen LogP contribution is -2.55. The average Bonchev–Trinajstić information content (AvgIpc) is 3.25. The van der Waals surface area contributed by atoms with Gasteiger partial charge in [-0.05, 0) is 56.4 Å². The van der Waals surface area contributed by atoms with Crippen LogP contribution >= 0.6 is 0 Å². The maximum atomic E-state index is 13.2. The van der Waals surface area contributed by atoms with Gasteiger partial charge in [0, 0.05) is 31.3 Å². The average molecular weight is 377 g/mol. The topological polar surface area (TPSA) is 46.5 Å². The van der Waals surface area contributed by atoms with Crippen LogP contribution in [0.1, 0.15) is 37.8 Å². The maximum Gasteiger partial charge on any atom is 0.226 e. The van der Waals surface area contributed by atoms with E-state index in [1.54, 1.807) is 7.11 Å². The number of hydrogen-bond acceptors (Lipinski definition) is 3. The van der Waals surface area contributed by atoms with E-state index in [2.05, 4.69) is 57.4 Å². The molecule has 3 heterocycles. The molecule has 2 aromatic rings. The summed E-state index contributed by atoms with van der Waals surface area (Å²) in [4.78, 5) is 15.3. The molecule has 2 unspecified atom stereocenters. The van der Waals surface area contributed by atoms with Gasteiger partial charge in [-0.15, -0.1) is 0 Å². The van der Waals surface area contributed by atoms with Gasteiger partial charge >= 0.3 is 0 Å². The Bertz CT molecular complexity index is 932. The zero-order chi connectivity index (χ0) is 19.1. The lowest BCUT2D eigenvalue weighted by molar-refractivity contribution is -0.137. The summed E-state index contributed by atoms with van der Waals surface area (Å²) >= 11 is 0. The molecule has 1 amide bonds. The number of fused-ring (bicyclic) bond motifs is 4. The van der Waals surface area contributed by atoms with Crippen LogP contribution in [0.15, 0.2) is 48.7 Å². The molecule has 2 atom stereocenters. The van der Waals surface area contributed by atoms with Crippen LogP contribution in [0.3, 0.4) is 0 Å². The van der Waals surface area contributed by atoms with Crippen molar-refractivity contribution in [3.05, 3.63) is 54.4 Å². The number of carbonyl (C=O) groups excluding carboxylic acids is 1. The molecule has 1 fully saturated rings. The van der Waals surface area contributed by atoms with Crippen molar-refractivity contribution in [2.45, 2.75) is 37.6 Å². The van der Waals surface area contributed by atoms with Gasteiger partial charge in [0.2, 0.25) is 5.91 Å². The third-order valence-electron chi connectivity index (χ3n) is 6.50. The van der Waals surface area contributed by atoms with E-state index in [9.17, 15) is 4.79 Å². The number of likely N-dealkylation sites (tertiary alicyclic amines) is 1. The summed E-state index contributed by atoms with van der Waals surface area (Å²) in [6.45, 7) is 1.57. The Morgan fingerprint density at radius 2 is 2.21 bits per heavy atom. The molecule has 0 bridgehead atoms. The predicted molar refractivity (Wildman–Crippen MR) is 110 cm³/mol. The van der Waals surface area contributed by atoms with Crippen molar-refractivity contribution in [3.8, 4) is 11.4 Å². The van der Waals surface area contributed by atoms with Crippen molar-refractivity contribution in [1.29, 1.82) is 0 Å². The molecule has 1 aromatic heterocycles. The number of methoxy groups -OCH3 is 1. The van der Waals surface area contributed by atoms with Crippen molar-refractivity contribution in [3.63, 3.8) is 0 Å². The minimum absolute atomic E-state index is 0.142. The Morgan fingerprint density at radius 1 is 1.29 bits per heavy atom. The van der Waals surface area contributed by atoms with E-state index in [0.717, 1.165) is 55.8 Å². The Labute approximate surface area is 166 Å². The second-order valence-corrected chi connectivity index (χ2v) is 8.20. The van der Waals surface area contributed by atoms with Gasteiger partial charge in [-0.3, -0.25) is 4.79 Å². The van der Waals surface area contributed by atoms with Crippen molar-refractivity contribution in [1.82, 2.24) is 9.47 Å². The summed E-state index contributed by atoms with van der Waals surface area (Å²) in [7, 11) is 1.70. The molecule has 28 heavy (non-hydrogen) atoms. The molecule has 5 heteroatoms.